The zero-order chi connectivity index (χ0) is 11.5. The van der Waals surface area contributed by atoms with E-state index in [0.717, 1.165) is 31.7 Å². The summed E-state index contributed by atoms with van der Waals surface area (Å²) in [5.41, 5.74) is 2.38. The molecule has 0 fully saturated rings. The van der Waals surface area contributed by atoms with Gasteiger partial charge in [0.15, 0.2) is 0 Å². The summed E-state index contributed by atoms with van der Waals surface area (Å²) in [6.45, 7) is 6.08. The van der Waals surface area contributed by atoms with Crippen LogP contribution in [-0.4, -0.2) is 42.3 Å². The molecule has 1 aliphatic rings. The number of rotatable bonds is 4. The quantitative estimate of drug-likeness (QED) is 0.833. The molecule has 1 aliphatic heterocycles. The van der Waals surface area contributed by atoms with Crippen LogP contribution < -0.4 is 0 Å². The van der Waals surface area contributed by atoms with E-state index in [1.807, 2.05) is 18.2 Å². The first kappa shape index (κ1) is 11.1. The Labute approximate surface area is 97.2 Å². The van der Waals surface area contributed by atoms with Gasteiger partial charge in [-0.1, -0.05) is 31.2 Å². The maximum absolute atomic E-state index is 8.10. The molecule has 0 amide bonds. The summed E-state index contributed by atoms with van der Waals surface area (Å²) in [4.78, 5) is 4.42. The predicted molar refractivity (Wildman–Crippen MR) is 66.9 cm³/mol. The first-order chi connectivity index (χ1) is 7.72. The highest BCUT2D eigenvalue weighted by atomic mass is 15.2. The van der Waals surface area contributed by atoms with Gasteiger partial charge in [-0.15, -0.1) is 0 Å². The van der Waals surface area contributed by atoms with Crippen molar-refractivity contribution in [1.29, 1.82) is 5.41 Å². The van der Waals surface area contributed by atoms with Crippen LogP contribution in [0.4, 0.5) is 0 Å². The molecular formula is C13H19N3. The lowest BCUT2D eigenvalue weighted by molar-refractivity contribution is 0.301. The number of amidine groups is 1. The summed E-state index contributed by atoms with van der Waals surface area (Å²) < 4.78 is 0. The average Bonchev–Trinajstić information content (AvgIpc) is 2.64. The SMILES string of the molecule is CCN(C)CCN1Cc2ccccc2C1=N. The summed E-state index contributed by atoms with van der Waals surface area (Å²) in [7, 11) is 2.12. The molecule has 0 atom stereocenters. The number of hydrogen-bond acceptors (Lipinski definition) is 2. The fourth-order valence-corrected chi connectivity index (χ4v) is 1.98. The molecule has 16 heavy (non-hydrogen) atoms. The van der Waals surface area contributed by atoms with Crippen molar-refractivity contribution in [2.75, 3.05) is 26.7 Å². The monoisotopic (exact) mass is 217 g/mol. The van der Waals surface area contributed by atoms with Gasteiger partial charge in [0, 0.05) is 25.2 Å². The highest BCUT2D eigenvalue weighted by molar-refractivity contribution is 6.00. The van der Waals surface area contributed by atoms with Crippen molar-refractivity contribution in [3.05, 3.63) is 35.4 Å². The molecule has 0 unspecified atom stereocenters. The molecule has 2 rings (SSSR count). The lowest BCUT2D eigenvalue weighted by Gasteiger charge is -2.21. The van der Waals surface area contributed by atoms with Gasteiger partial charge in [-0.05, 0) is 19.2 Å². The van der Waals surface area contributed by atoms with Gasteiger partial charge in [0.1, 0.15) is 5.84 Å². The predicted octanol–water partition coefficient (Wildman–Crippen LogP) is 1.78. The van der Waals surface area contributed by atoms with E-state index >= 15 is 0 Å². The molecule has 3 heteroatoms. The molecule has 0 spiro atoms. The number of hydrogen-bond donors (Lipinski definition) is 1. The van der Waals surface area contributed by atoms with Gasteiger partial charge in [0.05, 0.1) is 0 Å². The van der Waals surface area contributed by atoms with Crippen LogP contribution >= 0.6 is 0 Å². The van der Waals surface area contributed by atoms with Gasteiger partial charge in [-0.3, -0.25) is 5.41 Å². The molecule has 0 aromatic heterocycles. The zero-order valence-electron chi connectivity index (χ0n) is 10.0. The third kappa shape index (κ3) is 2.09. The fourth-order valence-electron chi connectivity index (χ4n) is 1.98. The largest absolute Gasteiger partial charge is 0.351 e. The van der Waals surface area contributed by atoms with E-state index in [9.17, 15) is 0 Å². The van der Waals surface area contributed by atoms with E-state index < -0.39 is 0 Å². The van der Waals surface area contributed by atoms with E-state index in [4.69, 9.17) is 5.41 Å². The van der Waals surface area contributed by atoms with E-state index in [0.29, 0.717) is 5.84 Å². The van der Waals surface area contributed by atoms with Crippen molar-refractivity contribution in [3.63, 3.8) is 0 Å². The molecule has 0 radical (unpaired) electrons. The zero-order valence-corrected chi connectivity index (χ0v) is 10.0. The minimum absolute atomic E-state index is 0.681. The lowest BCUT2D eigenvalue weighted by atomic mass is 10.1. The fraction of sp³-hybridized carbons (Fsp3) is 0.462. The van der Waals surface area contributed by atoms with Gasteiger partial charge >= 0.3 is 0 Å². The topological polar surface area (TPSA) is 30.3 Å². The summed E-state index contributed by atoms with van der Waals surface area (Å²) in [5.74, 6) is 0.681. The minimum atomic E-state index is 0.681. The standard InChI is InChI=1S/C13H19N3/c1-3-15(2)8-9-16-10-11-6-4-5-7-12(11)13(16)14/h4-7,14H,3,8-10H2,1-2H3. The average molecular weight is 217 g/mol. The van der Waals surface area contributed by atoms with Crippen LogP contribution in [0.1, 0.15) is 18.1 Å². The Morgan fingerprint density at radius 1 is 1.38 bits per heavy atom. The third-order valence-electron chi connectivity index (χ3n) is 3.24. The van der Waals surface area contributed by atoms with Crippen molar-refractivity contribution < 1.29 is 0 Å². The van der Waals surface area contributed by atoms with Crippen molar-refractivity contribution in [3.8, 4) is 0 Å². The summed E-state index contributed by atoms with van der Waals surface area (Å²) in [6.07, 6.45) is 0. The maximum Gasteiger partial charge on any atom is 0.128 e. The normalized spacial score (nSPS) is 14.7. The second-order valence-electron chi connectivity index (χ2n) is 4.32. The Morgan fingerprint density at radius 2 is 2.12 bits per heavy atom. The Kier molecular flexibility index (Phi) is 3.25. The second kappa shape index (κ2) is 4.66. The van der Waals surface area contributed by atoms with Crippen LogP contribution in [0.25, 0.3) is 0 Å². The van der Waals surface area contributed by atoms with Crippen molar-refractivity contribution in [2.45, 2.75) is 13.5 Å². The van der Waals surface area contributed by atoms with Crippen molar-refractivity contribution >= 4 is 5.84 Å². The number of benzene rings is 1. The number of fused-ring (bicyclic) bond motifs is 1. The van der Waals surface area contributed by atoms with Crippen LogP contribution in [0.2, 0.25) is 0 Å². The minimum Gasteiger partial charge on any atom is -0.351 e. The molecule has 1 N–H and O–H groups in total. The first-order valence-electron chi connectivity index (χ1n) is 5.82. The number of nitrogens with zero attached hydrogens (tertiary/aromatic N) is 2. The van der Waals surface area contributed by atoms with Crippen molar-refractivity contribution in [2.24, 2.45) is 0 Å². The summed E-state index contributed by atoms with van der Waals surface area (Å²) >= 11 is 0. The third-order valence-corrected chi connectivity index (χ3v) is 3.24. The summed E-state index contributed by atoms with van der Waals surface area (Å²) in [5, 5.41) is 8.10. The highest BCUT2D eigenvalue weighted by Crippen LogP contribution is 2.21. The maximum atomic E-state index is 8.10. The smallest absolute Gasteiger partial charge is 0.128 e. The van der Waals surface area contributed by atoms with Gasteiger partial charge < -0.3 is 9.80 Å². The highest BCUT2D eigenvalue weighted by Gasteiger charge is 2.22. The van der Waals surface area contributed by atoms with E-state index in [1.165, 1.54) is 5.56 Å². The Morgan fingerprint density at radius 3 is 2.81 bits per heavy atom. The molecule has 3 nitrogen and oxygen atoms in total. The lowest BCUT2D eigenvalue weighted by Crippen LogP contribution is -2.33. The first-order valence-corrected chi connectivity index (χ1v) is 5.82. The molecule has 86 valence electrons. The second-order valence-corrected chi connectivity index (χ2v) is 4.32. The Hall–Kier alpha value is -1.35. The van der Waals surface area contributed by atoms with E-state index in [2.05, 4.69) is 29.8 Å². The Bertz CT molecular complexity index is 387. The Balaban J connectivity index is 1.99. The van der Waals surface area contributed by atoms with Gasteiger partial charge in [0.2, 0.25) is 0 Å². The molecule has 0 aliphatic carbocycles. The van der Waals surface area contributed by atoms with Crippen LogP contribution in [0.5, 0.6) is 0 Å². The number of likely N-dealkylation sites (N-methyl/N-ethyl adjacent to an activating group) is 1. The molecule has 1 heterocycles. The molecule has 0 bridgehead atoms. The molecule has 1 aromatic carbocycles. The molecule has 0 saturated carbocycles. The summed E-state index contributed by atoms with van der Waals surface area (Å²) in [6, 6.07) is 8.22. The molecular weight excluding hydrogens is 198 g/mol. The van der Waals surface area contributed by atoms with Crippen LogP contribution in [0, 0.1) is 5.41 Å². The van der Waals surface area contributed by atoms with Crippen molar-refractivity contribution in [1.82, 2.24) is 9.80 Å². The van der Waals surface area contributed by atoms with Crippen LogP contribution in [0.3, 0.4) is 0 Å². The molecule has 0 saturated heterocycles. The molecule has 1 aromatic rings. The number of nitrogens with one attached hydrogen (secondary N) is 1. The van der Waals surface area contributed by atoms with E-state index in [-0.39, 0.29) is 0 Å². The van der Waals surface area contributed by atoms with Gasteiger partial charge in [-0.25, -0.2) is 0 Å². The van der Waals surface area contributed by atoms with E-state index in [1.54, 1.807) is 0 Å². The van der Waals surface area contributed by atoms with Gasteiger partial charge in [-0.2, -0.15) is 0 Å². The van der Waals surface area contributed by atoms with Crippen LogP contribution in [0.15, 0.2) is 24.3 Å². The van der Waals surface area contributed by atoms with Gasteiger partial charge in [0.25, 0.3) is 0 Å². The van der Waals surface area contributed by atoms with Crippen LogP contribution in [-0.2, 0) is 6.54 Å².